The minimum absolute atomic E-state index is 0.00364. The number of nitrogens with one attached hydrogen (secondary N) is 3. The number of hydrogen-bond acceptors (Lipinski definition) is 5. The fraction of sp³-hybridized carbons (Fsp3) is 0.250. The summed E-state index contributed by atoms with van der Waals surface area (Å²) in [5.74, 6) is -0.724. The summed E-state index contributed by atoms with van der Waals surface area (Å²) < 4.78 is 0. The van der Waals surface area contributed by atoms with E-state index < -0.39 is 10.8 Å². The second-order valence-electron chi connectivity index (χ2n) is 6.77. The molecule has 0 radical (unpaired) electrons. The van der Waals surface area contributed by atoms with Gasteiger partial charge in [-0.3, -0.25) is 24.5 Å². The smallest absolute Gasteiger partial charge is 0.270 e. The highest BCUT2D eigenvalue weighted by molar-refractivity contribution is 6.34. The lowest BCUT2D eigenvalue weighted by molar-refractivity contribution is -0.384. The third-order valence-electron chi connectivity index (χ3n) is 4.47. The molecule has 1 fully saturated rings. The Labute approximate surface area is 176 Å². The maximum Gasteiger partial charge on any atom is 0.270 e. The van der Waals surface area contributed by atoms with Gasteiger partial charge in [0, 0.05) is 42.4 Å². The summed E-state index contributed by atoms with van der Waals surface area (Å²) in [6, 6.07) is 10.1. The van der Waals surface area contributed by atoms with Crippen molar-refractivity contribution in [3.8, 4) is 0 Å². The Hall–Kier alpha value is -3.46. The molecule has 0 saturated heterocycles. The summed E-state index contributed by atoms with van der Waals surface area (Å²) in [5.41, 5.74) is 0.958. The molecule has 0 unspecified atom stereocenters. The largest absolute Gasteiger partial charge is 0.350 e. The Morgan fingerprint density at radius 3 is 2.20 bits per heavy atom. The van der Waals surface area contributed by atoms with Gasteiger partial charge in [0.05, 0.1) is 15.5 Å². The van der Waals surface area contributed by atoms with Gasteiger partial charge in [0.1, 0.15) is 0 Å². The van der Waals surface area contributed by atoms with Crippen LogP contribution in [0.2, 0.25) is 5.02 Å². The molecule has 0 aliphatic heterocycles. The molecule has 0 heterocycles. The summed E-state index contributed by atoms with van der Waals surface area (Å²) in [6.45, 7) is 0.322. The molecule has 3 amide bonds. The van der Waals surface area contributed by atoms with Gasteiger partial charge in [-0.2, -0.15) is 0 Å². The van der Waals surface area contributed by atoms with E-state index in [1.165, 1.54) is 12.1 Å². The zero-order valence-electron chi connectivity index (χ0n) is 15.8. The molecule has 10 heteroatoms. The van der Waals surface area contributed by atoms with Crippen molar-refractivity contribution < 1.29 is 19.3 Å². The van der Waals surface area contributed by atoms with Gasteiger partial charge in [-0.1, -0.05) is 11.6 Å². The first-order valence-electron chi connectivity index (χ1n) is 9.26. The summed E-state index contributed by atoms with van der Waals surface area (Å²) >= 11 is 5.92. The van der Waals surface area contributed by atoms with Crippen LogP contribution >= 0.6 is 11.6 Å². The van der Waals surface area contributed by atoms with Crippen LogP contribution in [0.25, 0.3) is 0 Å². The van der Waals surface area contributed by atoms with Crippen LogP contribution in [0, 0.1) is 16.0 Å². The van der Waals surface area contributed by atoms with E-state index >= 15 is 0 Å². The van der Waals surface area contributed by atoms with E-state index in [4.69, 9.17) is 11.6 Å². The third-order valence-corrected chi connectivity index (χ3v) is 4.78. The standard InChI is InChI=1S/C20H19ClN4O5/c21-17-11-15(25(29)30)7-8-16(17)20(28)23-10-9-22-18(26)12-3-5-14(6-4-12)24-19(27)13-1-2-13/h3-8,11,13H,1-2,9-10H2,(H,22,26)(H,23,28)(H,24,27). The number of carbonyl (C=O) groups is 3. The first-order valence-corrected chi connectivity index (χ1v) is 9.64. The predicted molar refractivity (Wildman–Crippen MR) is 111 cm³/mol. The number of nitro groups is 1. The number of halogens is 1. The molecule has 30 heavy (non-hydrogen) atoms. The number of carbonyl (C=O) groups excluding carboxylic acids is 3. The van der Waals surface area contributed by atoms with Crippen molar-refractivity contribution >= 4 is 40.7 Å². The summed E-state index contributed by atoms with van der Waals surface area (Å²) in [4.78, 5) is 46.1. The topological polar surface area (TPSA) is 130 Å². The van der Waals surface area contributed by atoms with Crippen LogP contribution in [0.5, 0.6) is 0 Å². The Bertz CT molecular complexity index is 989. The number of benzene rings is 2. The fourth-order valence-corrected chi connectivity index (χ4v) is 2.91. The maximum atomic E-state index is 12.2. The molecular weight excluding hydrogens is 412 g/mol. The van der Waals surface area contributed by atoms with Crippen LogP contribution in [-0.4, -0.2) is 35.7 Å². The molecule has 9 nitrogen and oxygen atoms in total. The molecular formula is C20H19ClN4O5. The third kappa shape index (κ3) is 5.54. The van der Waals surface area contributed by atoms with Crippen LogP contribution in [0.15, 0.2) is 42.5 Å². The van der Waals surface area contributed by atoms with Gasteiger partial charge in [0.15, 0.2) is 0 Å². The van der Waals surface area contributed by atoms with Gasteiger partial charge in [0.25, 0.3) is 17.5 Å². The number of hydrogen-bond donors (Lipinski definition) is 3. The lowest BCUT2D eigenvalue weighted by Crippen LogP contribution is -2.34. The maximum absolute atomic E-state index is 12.2. The van der Waals surface area contributed by atoms with E-state index in [0.717, 1.165) is 18.9 Å². The molecule has 0 spiro atoms. The van der Waals surface area contributed by atoms with E-state index in [0.29, 0.717) is 11.3 Å². The van der Waals surface area contributed by atoms with Gasteiger partial charge in [-0.15, -0.1) is 0 Å². The molecule has 3 N–H and O–H groups in total. The fourth-order valence-electron chi connectivity index (χ4n) is 2.65. The van der Waals surface area contributed by atoms with E-state index in [1.807, 2.05) is 0 Å². The number of non-ortho nitro benzene ring substituents is 1. The van der Waals surface area contributed by atoms with Crippen LogP contribution < -0.4 is 16.0 Å². The highest BCUT2D eigenvalue weighted by Crippen LogP contribution is 2.30. The molecule has 1 aliphatic rings. The molecule has 156 valence electrons. The molecule has 1 aliphatic carbocycles. The lowest BCUT2D eigenvalue weighted by atomic mass is 10.2. The van der Waals surface area contributed by atoms with Crippen LogP contribution in [-0.2, 0) is 4.79 Å². The van der Waals surface area contributed by atoms with Crippen molar-refractivity contribution in [2.24, 2.45) is 5.92 Å². The molecule has 3 rings (SSSR count). The lowest BCUT2D eigenvalue weighted by Gasteiger charge is -2.09. The molecule has 0 atom stereocenters. The van der Waals surface area contributed by atoms with Crippen LogP contribution in [0.4, 0.5) is 11.4 Å². The van der Waals surface area contributed by atoms with E-state index in [9.17, 15) is 24.5 Å². The number of nitrogens with zero attached hydrogens (tertiary/aromatic N) is 1. The molecule has 2 aromatic carbocycles. The van der Waals surface area contributed by atoms with E-state index in [1.54, 1.807) is 24.3 Å². The predicted octanol–water partition coefficient (Wildman–Crippen LogP) is 2.76. The normalized spacial score (nSPS) is 12.7. The van der Waals surface area contributed by atoms with Gasteiger partial charge < -0.3 is 16.0 Å². The van der Waals surface area contributed by atoms with Crippen LogP contribution in [0.1, 0.15) is 33.6 Å². The Balaban J connectivity index is 1.43. The van der Waals surface area contributed by atoms with Crippen LogP contribution in [0.3, 0.4) is 0 Å². The first-order chi connectivity index (χ1) is 14.3. The van der Waals surface area contributed by atoms with Crippen molar-refractivity contribution in [3.05, 3.63) is 68.7 Å². The van der Waals surface area contributed by atoms with Crippen molar-refractivity contribution in [2.75, 3.05) is 18.4 Å². The Morgan fingerprint density at radius 1 is 1.00 bits per heavy atom. The quantitative estimate of drug-likeness (QED) is 0.336. The zero-order valence-corrected chi connectivity index (χ0v) is 16.6. The van der Waals surface area contributed by atoms with E-state index in [-0.39, 0.29) is 47.1 Å². The minimum atomic E-state index is -0.601. The zero-order chi connectivity index (χ0) is 21.7. The molecule has 1 saturated carbocycles. The molecule has 0 bridgehead atoms. The van der Waals surface area contributed by atoms with Gasteiger partial charge >= 0.3 is 0 Å². The van der Waals surface area contributed by atoms with Gasteiger partial charge in [0.2, 0.25) is 5.91 Å². The second-order valence-corrected chi connectivity index (χ2v) is 7.18. The number of amides is 3. The van der Waals surface area contributed by atoms with Crippen molar-refractivity contribution in [1.29, 1.82) is 0 Å². The Kier molecular flexibility index (Phi) is 6.63. The Morgan fingerprint density at radius 2 is 1.63 bits per heavy atom. The number of nitro benzene ring substituents is 1. The number of anilines is 1. The second kappa shape index (κ2) is 9.36. The molecule has 2 aromatic rings. The average molecular weight is 431 g/mol. The average Bonchev–Trinajstić information content (AvgIpc) is 3.56. The highest BCUT2D eigenvalue weighted by atomic mass is 35.5. The SMILES string of the molecule is O=C(NCCNC(=O)c1ccc([N+](=O)[O-])cc1Cl)c1ccc(NC(=O)C2CC2)cc1. The highest BCUT2D eigenvalue weighted by Gasteiger charge is 2.29. The monoisotopic (exact) mass is 430 g/mol. The van der Waals surface area contributed by atoms with Crippen molar-refractivity contribution in [2.45, 2.75) is 12.8 Å². The summed E-state index contributed by atoms with van der Waals surface area (Å²) in [7, 11) is 0. The van der Waals surface area contributed by atoms with Crippen molar-refractivity contribution in [3.63, 3.8) is 0 Å². The summed E-state index contributed by atoms with van der Waals surface area (Å²) in [5, 5.41) is 18.7. The molecule has 0 aromatic heterocycles. The van der Waals surface area contributed by atoms with E-state index in [2.05, 4.69) is 16.0 Å². The summed E-state index contributed by atoms with van der Waals surface area (Å²) in [6.07, 6.45) is 1.83. The van der Waals surface area contributed by atoms with Gasteiger partial charge in [-0.05, 0) is 43.2 Å². The van der Waals surface area contributed by atoms with Gasteiger partial charge in [-0.25, -0.2) is 0 Å². The minimum Gasteiger partial charge on any atom is -0.350 e. The number of rotatable bonds is 8. The first kappa shape index (κ1) is 21.3. The van der Waals surface area contributed by atoms with Crippen molar-refractivity contribution in [1.82, 2.24) is 10.6 Å².